The second-order valence-corrected chi connectivity index (χ2v) is 5.50. The summed E-state index contributed by atoms with van der Waals surface area (Å²) in [6.45, 7) is 0. The maximum Gasteiger partial charge on any atom is 0.240 e. The minimum atomic E-state index is 0.258. The van der Waals surface area contributed by atoms with Gasteiger partial charge in [-0.15, -0.1) is 5.10 Å². The lowest BCUT2D eigenvalue weighted by Gasteiger charge is -2.07. The summed E-state index contributed by atoms with van der Waals surface area (Å²) in [4.78, 5) is 9.07. The van der Waals surface area contributed by atoms with E-state index >= 15 is 0 Å². The fraction of sp³-hybridized carbons (Fsp3) is 0.118. The Morgan fingerprint density at radius 2 is 1.78 bits per heavy atom. The first-order valence-electron chi connectivity index (χ1n) is 7.45. The summed E-state index contributed by atoms with van der Waals surface area (Å²) in [5.41, 5.74) is 15.2. The largest absolute Gasteiger partial charge is 0.399 e. The molecule has 0 unspecified atom stereocenters. The minimum Gasteiger partial charge on any atom is -0.399 e. The molecule has 0 aliphatic rings. The molecule has 0 aliphatic carbocycles. The third kappa shape index (κ3) is 2.44. The van der Waals surface area contributed by atoms with E-state index in [0.29, 0.717) is 0 Å². The van der Waals surface area contributed by atoms with Gasteiger partial charge in [-0.05, 0) is 36.2 Å². The molecule has 4 aromatic rings. The average molecular weight is 304 g/mol. The Morgan fingerprint density at radius 1 is 0.913 bits per heavy atom. The van der Waals surface area contributed by atoms with E-state index in [0.717, 1.165) is 40.9 Å². The molecule has 114 valence electrons. The molecule has 0 saturated heterocycles. The Kier molecular flexibility index (Phi) is 3.08. The van der Waals surface area contributed by atoms with Crippen molar-refractivity contribution >= 4 is 28.2 Å². The fourth-order valence-electron chi connectivity index (χ4n) is 2.80. The fourth-order valence-corrected chi connectivity index (χ4v) is 2.80. The van der Waals surface area contributed by atoms with Gasteiger partial charge in [0.25, 0.3) is 0 Å². The number of aromatic nitrogens is 4. The second kappa shape index (κ2) is 5.24. The van der Waals surface area contributed by atoms with Crippen molar-refractivity contribution in [2.24, 2.45) is 0 Å². The number of nitrogens with two attached hydrogens (primary N) is 2. The number of benzene rings is 2. The van der Waals surface area contributed by atoms with Gasteiger partial charge in [-0.3, -0.25) is 0 Å². The molecule has 2 aromatic heterocycles. The van der Waals surface area contributed by atoms with Gasteiger partial charge in [-0.1, -0.05) is 24.3 Å². The molecule has 0 atom stereocenters. The topological polar surface area (TPSA) is 95.1 Å². The number of para-hydroxylation sites is 1. The third-order valence-electron chi connectivity index (χ3n) is 3.85. The Morgan fingerprint density at radius 3 is 2.65 bits per heavy atom. The van der Waals surface area contributed by atoms with Crippen LogP contribution in [0.4, 0.5) is 11.6 Å². The van der Waals surface area contributed by atoms with Crippen LogP contribution in [0.25, 0.3) is 16.6 Å². The monoisotopic (exact) mass is 304 g/mol. The van der Waals surface area contributed by atoms with E-state index in [1.807, 2.05) is 42.5 Å². The highest BCUT2D eigenvalue weighted by atomic mass is 15.3. The van der Waals surface area contributed by atoms with Crippen molar-refractivity contribution in [3.8, 4) is 0 Å². The van der Waals surface area contributed by atoms with Crippen LogP contribution in [0.1, 0.15) is 11.4 Å². The molecule has 2 aromatic carbocycles. The van der Waals surface area contributed by atoms with Gasteiger partial charge in [0.15, 0.2) is 5.65 Å². The lowest BCUT2D eigenvalue weighted by Crippen LogP contribution is -2.05. The lowest BCUT2D eigenvalue weighted by atomic mass is 10.1. The van der Waals surface area contributed by atoms with E-state index in [1.165, 1.54) is 5.56 Å². The Labute approximate surface area is 132 Å². The van der Waals surface area contributed by atoms with Gasteiger partial charge in [-0.2, -0.15) is 9.50 Å². The molecule has 0 saturated carbocycles. The Bertz CT molecular complexity index is 1000. The summed E-state index contributed by atoms with van der Waals surface area (Å²) < 4.78 is 1.74. The van der Waals surface area contributed by atoms with E-state index in [9.17, 15) is 0 Å². The number of aryl methyl sites for hydroxylation is 2. The van der Waals surface area contributed by atoms with Gasteiger partial charge in [0, 0.05) is 17.5 Å². The molecule has 0 spiro atoms. The van der Waals surface area contributed by atoms with E-state index in [4.69, 9.17) is 16.5 Å². The lowest BCUT2D eigenvalue weighted by molar-refractivity contribution is 0.786. The molecule has 0 bridgehead atoms. The molecular weight excluding hydrogens is 288 g/mol. The highest BCUT2D eigenvalue weighted by molar-refractivity contribution is 5.91. The first kappa shape index (κ1) is 13.5. The number of rotatable bonds is 3. The molecule has 2 heterocycles. The van der Waals surface area contributed by atoms with Crippen LogP contribution in [0.3, 0.4) is 0 Å². The van der Waals surface area contributed by atoms with E-state index < -0.39 is 0 Å². The Balaban J connectivity index is 1.78. The zero-order chi connectivity index (χ0) is 15.8. The van der Waals surface area contributed by atoms with Crippen LogP contribution in [0.5, 0.6) is 0 Å². The van der Waals surface area contributed by atoms with Crippen LogP contribution in [0.15, 0.2) is 48.5 Å². The highest BCUT2D eigenvalue weighted by Gasteiger charge is 2.12. The van der Waals surface area contributed by atoms with E-state index in [1.54, 1.807) is 4.52 Å². The number of anilines is 2. The normalized spacial score (nSPS) is 11.3. The Hall–Kier alpha value is -3.15. The van der Waals surface area contributed by atoms with Gasteiger partial charge in [-0.25, -0.2) is 4.98 Å². The van der Waals surface area contributed by atoms with Crippen LogP contribution >= 0.6 is 0 Å². The van der Waals surface area contributed by atoms with Crippen LogP contribution in [-0.2, 0) is 12.8 Å². The summed E-state index contributed by atoms with van der Waals surface area (Å²) in [5, 5.41) is 5.24. The van der Waals surface area contributed by atoms with Gasteiger partial charge in [0.2, 0.25) is 5.95 Å². The van der Waals surface area contributed by atoms with Crippen LogP contribution in [0, 0.1) is 0 Å². The molecule has 4 N–H and O–H groups in total. The van der Waals surface area contributed by atoms with Gasteiger partial charge in [0.1, 0.15) is 5.82 Å². The van der Waals surface area contributed by atoms with Crippen molar-refractivity contribution in [2.45, 2.75) is 12.8 Å². The summed E-state index contributed by atoms with van der Waals surface area (Å²) in [6, 6.07) is 15.8. The van der Waals surface area contributed by atoms with Crippen molar-refractivity contribution in [3.05, 3.63) is 59.9 Å². The summed E-state index contributed by atoms with van der Waals surface area (Å²) in [5.74, 6) is 1.10. The van der Waals surface area contributed by atoms with Gasteiger partial charge >= 0.3 is 0 Å². The van der Waals surface area contributed by atoms with Crippen molar-refractivity contribution in [2.75, 3.05) is 11.5 Å². The SMILES string of the molecule is Nc1cccc(CCc2nc3ccccc3c3nc(N)nn23)c1. The maximum atomic E-state index is 5.84. The second-order valence-electron chi connectivity index (χ2n) is 5.50. The van der Waals surface area contributed by atoms with Crippen LogP contribution < -0.4 is 11.5 Å². The van der Waals surface area contributed by atoms with Crippen LogP contribution in [0.2, 0.25) is 0 Å². The molecular formula is C17H16N6. The summed E-state index contributed by atoms with van der Waals surface area (Å²) >= 11 is 0. The first-order valence-corrected chi connectivity index (χ1v) is 7.45. The molecule has 6 heteroatoms. The molecule has 6 nitrogen and oxygen atoms in total. The molecule has 0 radical (unpaired) electrons. The molecule has 4 rings (SSSR count). The average Bonchev–Trinajstić information content (AvgIpc) is 2.94. The van der Waals surface area contributed by atoms with Crippen LogP contribution in [-0.4, -0.2) is 19.6 Å². The number of nitrogens with zero attached hydrogens (tertiary/aromatic N) is 4. The first-order chi connectivity index (χ1) is 11.2. The predicted molar refractivity (Wildman–Crippen MR) is 91.0 cm³/mol. The quantitative estimate of drug-likeness (QED) is 0.566. The summed E-state index contributed by atoms with van der Waals surface area (Å²) in [6.07, 6.45) is 1.55. The maximum absolute atomic E-state index is 5.84. The zero-order valence-corrected chi connectivity index (χ0v) is 12.5. The standard InChI is InChI=1S/C17H16N6/c18-12-5-3-4-11(10-12)8-9-15-20-14-7-2-1-6-13(14)16-21-17(19)22-23(15)16/h1-7,10H,8-9,18H2,(H2,19,22). The number of hydrogen-bond acceptors (Lipinski definition) is 5. The zero-order valence-electron chi connectivity index (χ0n) is 12.5. The van der Waals surface area contributed by atoms with Gasteiger partial charge < -0.3 is 11.5 Å². The summed E-state index contributed by atoms with van der Waals surface area (Å²) in [7, 11) is 0. The van der Waals surface area contributed by atoms with Crippen molar-refractivity contribution in [1.29, 1.82) is 0 Å². The smallest absolute Gasteiger partial charge is 0.240 e. The van der Waals surface area contributed by atoms with Crippen molar-refractivity contribution in [3.63, 3.8) is 0 Å². The minimum absolute atomic E-state index is 0.258. The number of nitrogen functional groups attached to an aromatic ring is 2. The van der Waals surface area contributed by atoms with E-state index in [-0.39, 0.29) is 5.95 Å². The number of fused-ring (bicyclic) bond motifs is 3. The van der Waals surface area contributed by atoms with E-state index in [2.05, 4.69) is 16.1 Å². The van der Waals surface area contributed by atoms with Crippen molar-refractivity contribution in [1.82, 2.24) is 19.6 Å². The molecule has 0 aliphatic heterocycles. The highest BCUT2D eigenvalue weighted by Crippen LogP contribution is 2.20. The van der Waals surface area contributed by atoms with Gasteiger partial charge in [0.05, 0.1) is 5.52 Å². The predicted octanol–water partition coefficient (Wildman–Crippen LogP) is 2.23. The molecule has 23 heavy (non-hydrogen) atoms. The molecule has 0 fully saturated rings. The van der Waals surface area contributed by atoms with Crippen molar-refractivity contribution < 1.29 is 0 Å². The third-order valence-corrected chi connectivity index (χ3v) is 3.85. The number of hydrogen-bond donors (Lipinski definition) is 2. The molecule has 0 amide bonds.